The lowest BCUT2D eigenvalue weighted by Gasteiger charge is -2.09. The first-order valence-corrected chi connectivity index (χ1v) is 8.11. The van der Waals surface area contributed by atoms with E-state index in [-0.39, 0.29) is 6.61 Å². The predicted octanol–water partition coefficient (Wildman–Crippen LogP) is 4.82. The van der Waals surface area contributed by atoms with Gasteiger partial charge in [-0.25, -0.2) is 0 Å². The number of halogens is 2. The van der Waals surface area contributed by atoms with Crippen molar-refractivity contribution in [1.29, 1.82) is 0 Å². The molecule has 2 aromatic carbocycles. The van der Waals surface area contributed by atoms with Gasteiger partial charge in [0.25, 0.3) is 0 Å². The smallest absolute Gasteiger partial charge is 0.176 e. The van der Waals surface area contributed by atoms with E-state index in [9.17, 15) is 5.11 Å². The van der Waals surface area contributed by atoms with E-state index in [1.54, 1.807) is 50.6 Å². The van der Waals surface area contributed by atoms with Crippen LogP contribution in [0, 0.1) is 0 Å². The van der Waals surface area contributed by atoms with Gasteiger partial charge >= 0.3 is 0 Å². The van der Waals surface area contributed by atoms with Crippen LogP contribution in [0.3, 0.4) is 0 Å². The number of ether oxygens (including phenoxy) is 2. The fourth-order valence-electron chi connectivity index (χ4n) is 2.58. The summed E-state index contributed by atoms with van der Waals surface area (Å²) in [6.07, 6.45) is 0. The van der Waals surface area contributed by atoms with E-state index in [1.807, 2.05) is 0 Å². The summed E-state index contributed by atoms with van der Waals surface area (Å²) in [4.78, 5) is 0. The minimum absolute atomic E-state index is 0.279. The summed E-state index contributed by atoms with van der Waals surface area (Å²) in [5.74, 6) is 1.59. The van der Waals surface area contributed by atoms with Crippen molar-refractivity contribution in [3.8, 4) is 34.1 Å². The van der Waals surface area contributed by atoms with Crippen LogP contribution < -0.4 is 9.47 Å². The number of aliphatic hydroxyl groups is 1. The summed E-state index contributed by atoms with van der Waals surface area (Å²) < 4.78 is 16.2. The van der Waals surface area contributed by atoms with E-state index in [0.717, 1.165) is 0 Å². The second-order valence-corrected chi connectivity index (χ2v) is 6.09. The van der Waals surface area contributed by atoms with Crippen molar-refractivity contribution < 1.29 is 19.1 Å². The highest BCUT2D eigenvalue weighted by atomic mass is 35.5. The molecule has 1 aromatic heterocycles. The van der Waals surface area contributed by atoms with E-state index < -0.39 is 0 Å². The molecule has 0 aliphatic heterocycles. The number of nitrogens with zero attached hydrogens (tertiary/aromatic N) is 1. The average molecular weight is 380 g/mol. The van der Waals surface area contributed by atoms with Crippen molar-refractivity contribution >= 4 is 23.2 Å². The standard InChI is InChI=1S/C18H15Cl2NO4/c1-23-13-3-4-16(24-2)14(8-13)18-15(9-22)17(21-25-18)10-5-11(19)7-12(20)6-10/h3-8,22H,9H2,1-2H3. The Morgan fingerprint density at radius 1 is 1.04 bits per heavy atom. The molecule has 25 heavy (non-hydrogen) atoms. The Morgan fingerprint density at radius 3 is 2.36 bits per heavy atom. The van der Waals surface area contributed by atoms with Gasteiger partial charge in [-0.05, 0) is 36.4 Å². The van der Waals surface area contributed by atoms with Crippen molar-refractivity contribution in [1.82, 2.24) is 5.16 Å². The summed E-state index contributed by atoms with van der Waals surface area (Å²) in [5.41, 5.74) is 2.24. The van der Waals surface area contributed by atoms with Crippen LogP contribution in [0.1, 0.15) is 5.56 Å². The lowest BCUT2D eigenvalue weighted by molar-refractivity contribution is 0.281. The van der Waals surface area contributed by atoms with Crippen LogP contribution in [0.15, 0.2) is 40.9 Å². The van der Waals surface area contributed by atoms with Crippen molar-refractivity contribution in [2.24, 2.45) is 0 Å². The zero-order valence-electron chi connectivity index (χ0n) is 13.5. The number of hydrogen-bond acceptors (Lipinski definition) is 5. The van der Waals surface area contributed by atoms with Crippen LogP contribution in [0.25, 0.3) is 22.6 Å². The fraction of sp³-hybridized carbons (Fsp3) is 0.167. The molecular formula is C18H15Cl2NO4. The monoisotopic (exact) mass is 379 g/mol. The van der Waals surface area contributed by atoms with E-state index >= 15 is 0 Å². The van der Waals surface area contributed by atoms with Gasteiger partial charge in [-0.1, -0.05) is 28.4 Å². The molecule has 1 heterocycles. The zero-order valence-corrected chi connectivity index (χ0v) is 15.1. The highest BCUT2D eigenvalue weighted by Gasteiger charge is 2.22. The SMILES string of the molecule is COc1ccc(OC)c(-c2onc(-c3cc(Cl)cc(Cl)c3)c2CO)c1. The first-order chi connectivity index (χ1) is 12.1. The maximum atomic E-state index is 9.90. The molecule has 0 spiro atoms. The lowest BCUT2D eigenvalue weighted by Crippen LogP contribution is -1.93. The molecule has 130 valence electrons. The topological polar surface area (TPSA) is 64.7 Å². The maximum absolute atomic E-state index is 9.90. The quantitative estimate of drug-likeness (QED) is 0.687. The molecule has 3 rings (SSSR count). The van der Waals surface area contributed by atoms with Gasteiger partial charge in [0.15, 0.2) is 5.76 Å². The predicted molar refractivity (Wildman–Crippen MR) is 96.4 cm³/mol. The van der Waals surface area contributed by atoms with Gasteiger partial charge in [0.1, 0.15) is 17.2 Å². The Hall–Kier alpha value is -2.21. The first kappa shape index (κ1) is 17.6. The lowest BCUT2D eigenvalue weighted by atomic mass is 10.0. The number of rotatable bonds is 5. The molecular weight excluding hydrogens is 365 g/mol. The Labute approximate surface area is 154 Å². The number of methoxy groups -OCH3 is 2. The third kappa shape index (κ3) is 3.44. The second-order valence-electron chi connectivity index (χ2n) is 5.22. The van der Waals surface area contributed by atoms with Crippen LogP contribution in [0.4, 0.5) is 0 Å². The molecule has 0 fully saturated rings. The van der Waals surface area contributed by atoms with Crippen LogP contribution >= 0.6 is 23.2 Å². The Morgan fingerprint density at radius 2 is 1.76 bits per heavy atom. The van der Waals surface area contributed by atoms with Crippen LogP contribution in [0.5, 0.6) is 11.5 Å². The second kappa shape index (κ2) is 7.35. The Balaban J connectivity index is 2.18. The average Bonchev–Trinajstić information content (AvgIpc) is 3.04. The Kier molecular flexibility index (Phi) is 5.18. The van der Waals surface area contributed by atoms with Crippen LogP contribution in [0.2, 0.25) is 10.0 Å². The van der Waals surface area contributed by atoms with Gasteiger partial charge in [-0.2, -0.15) is 0 Å². The molecule has 0 radical (unpaired) electrons. The Bertz CT molecular complexity index is 888. The van der Waals surface area contributed by atoms with Gasteiger partial charge < -0.3 is 19.1 Å². The maximum Gasteiger partial charge on any atom is 0.176 e. The van der Waals surface area contributed by atoms with E-state index in [4.69, 9.17) is 37.2 Å². The molecule has 0 saturated carbocycles. The minimum Gasteiger partial charge on any atom is -0.497 e. The highest BCUT2D eigenvalue weighted by Crippen LogP contribution is 2.39. The van der Waals surface area contributed by atoms with Gasteiger partial charge in [0, 0.05) is 15.6 Å². The first-order valence-electron chi connectivity index (χ1n) is 7.35. The molecule has 7 heteroatoms. The molecule has 1 N–H and O–H groups in total. The molecule has 0 saturated heterocycles. The molecule has 0 atom stereocenters. The van der Waals surface area contributed by atoms with Crippen molar-refractivity contribution in [2.45, 2.75) is 6.61 Å². The normalized spacial score (nSPS) is 10.8. The van der Waals surface area contributed by atoms with Crippen molar-refractivity contribution in [3.63, 3.8) is 0 Å². The summed E-state index contributed by atoms with van der Waals surface area (Å²) >= 11 is 12.1. The third-order valence-corrected chi connectivity index (χ3v) is 4.17. The van der Waals surface area contributed by atoms with Gasteiger partial charge in [0.2, 0.25) is 0 Å². The van der Waals surface area contributed by atoms with Crippen LogP contribution in [-0.4, -0.2) is 24.5 Å². The summed E-state index contributed by atoms with van der Waals surface area (Å²) in [6, 6.07) is 10.3. The summed E-state index contributed by atoms with van der Waals surface area (Å²) in [6.45, 7) is -0.279. The number of benzene rings is 2. The number of aromatic nitrogens is 1. The molecule has 3 aromatic rings. The highest BCUT2D eigenvalue weighted by molar-refractivity contribution is 6.35. The third-order valence-electron chi connectivity index (χ3n) is 3.73. The van der Waals surface area contributed by atoms with E-state index in [2.05, 4.69) is 5.16 Å². The molecule has 0 unspecified atom stereocenters. The van der Waals surface area contributed by atoms with Crippen LogP contribution in [-0.2, 0) is 6.61 Å². The van der Waals surface area contributed by atoms with Crippen molar-refractivity contribution in [3.05, 3.63) is 52.0 Å². The minimum atomic E-state index is -0.279. The largest absolute Gasteiger partial charge is 0.497 e. The molecule has 0 aliphatic carbocycles. The van der Waals surface area contributed by atoms with Gasteiger partial charge in [-0.15, -0.1) is 0 Å². The molecule has 0 aliphatic rings. The van der Waals surface area contributed by atoms with Crippen molar-refractivity contribution in [2.75, 3.05) is 14.2 Å². The summed E-state index contributed by atoms with van der Waals surface area (Å²) in [5, 5.41) is 14.9. The molecule has 0 amide bonds. The molecule has 0 bridgehead atoms. The van der Waals surface area contributed by atoms with Gasteiger partial charge in [-0.3, -0.25) is 0 Å². The van der Waals surface area contributed by atoms with E-state index in [0.29, 0.717) is 49.7 Å². The van der Waals surface area contributed by atoms with E-state index in [1.165, 1.54) is 0 Å². The number of hydrogen-bond donors (Lipinski definition) is 1. The number of aliphatic hydroxyl groups excluding tert-OH is 1. The molecule has 5 nitrogen and oxygen atoms in total. The summed E-state index contributed by atoms with van der Waals surface area (Å²) in [7, 11) is 3.12. The fourth-order valence-corrected chi connectivity index (χ4v) is 3.10. The van der Waals surface area contributed by atoms with Gasteiger partial charge in [0.05, 0.1) is 32.0 Å². The zero-order chi connectivity index (χ0) is 18.0.